The molecule has 0 bridgehead atoms. The molecule has 0 radical (unpaired) electrons. The Balaban J connectivity index is 2.12. The van der Waals surface area contributed by atoms with E-state index < -0.39 is 0 Å². The van der Waals surface area contributed by atoms with Crippen LogP contribution in [0.25, 0.3) is 0 Å². The molecule has 0 amide bonds. The van der Waals surface area contributed by atoms with Gasteiger partial charge < -0.3 is 5.32 Å². The van der Waals surface area contributed by atoms with Crippen LogP contribution in [0.4, 0.5) is 0 Å². The molecule has 2 atom stereocenters. The van der Waals surface area contributed by atoms with E-state index in [1.165, 1.54) is 25.0 Å². The van der Waals surface area contributed by atoms with Gasteiger partial charge in [0.25, 0.3) is 0 Å². The molecule has 0 aliphatic heterocycles. The molecule has 1 aromatic heterocycles. The third-order valence-corrected chi connectivity index (χ3v) is 3.45. The molecular weight excluding hydrogens is 200 g/mol. The van der Waals surface area contributed by atoms with E-state index in [-0.39, 0.29) is 0 Å². The predicted molar refractivity (Wildman–Crippen MR) is 64.4 cm³/mol. The third-order valence-electron chi connectivity index (χ3n) is 3.45. The SMILES string of the molecule is CCCn1nncc1C1CCCC1NCC. The Hall–Kier alpha value is -0.900. The summed E-state index contributed by atoms with van der Waals surface area (Å²) in [6, 6.07) is 0.624. The maximum Gasteiger partial charge on any atom is 0.0728 e. The molecule has 0 spiro atoms. The normalized spacial score (nSPS) is 25.1. The van der Waals surface area contributed by atoms with Crippen molar-refractivity contribution in [3.8, 4) is 0 Å². The molecule has 1 N–H and O–H groups in total. The second kappa shape index (κ2) is 5.43. The monoisotopic (exact) mass is 222 g/mol. The number of hydrogen-bond donors (Lipinski definition) is 1. The van der Waals surface area contributed by atoms with Crippen molar-refractivity contribution in [2.45, 2.75) is 58.0 Å². The first kappa shape index (κ1) is 11.6. The molecule has 4 nitrogen and oxygen atoms in total. The quantitative estimate of drug-likeness (QED) is 0.828. The largest absolute Gasteiger partial charge is 0.314 e. The zero-order valence-electron chi connectivity index (χ0n) is 10.3. The van der Waals surface area contributed by atoms with Gasteiger partial charge >= 0.3 is 0 Å². The van der Waals surface area contributed by atoms with Crippen LogP contribution in [0.2, 0.25) is 0 Å². The minimum atomic E-state index is 0.612. The summed E-state index contributed by atoms with van der Waals surface area (Å²) in [4.78, 5) is 0. The summed E-state index contributed by atoms with van der Waals surface area (Å²) >= 11 is 0. The molecule has 1 fully saturated rings. The Kier molecular flexibility index (Phi) is 3.93. The number of hydrogen-bond acceptors (Lipinski definition) is 3. The van der Waals surface area contributed by atoms with Gasteiger partial charge in [0, 0.05) is 18.5 Å². The van der Waals surface area contributed by atoms with Gasteiger partial charge in [0.1, 0.15) is 0 Å². The van der Waals surface area contributed by atoms with Gasteiger partial charge in [-0.15, -0.1) is 5.10 Å². The molecule has 0 saturated heterocycles. The van der Waals surface area contributed by atoms with Crippen LogP contribution in [0.5, 0.6) is 0 Å². The van der Waals surface area contributed by atoms with Gasteiger partial charge in [-0.3, -0.25) is 0 Å². The van der Waals surface area contributed by atoms with E-state index >= 15 is 0 Å². The second-order valence-electron chi connectivity index (χ2n) is 4.58. The molecule has 4 heteroatoms. The first-order valence-electron chi connectivity index (χ1n) is 6.48. The van der Waals surface area contributed by atoms with E-state index in [0.29, 0.717) is 12.0 Å². The maximum absolute atomic E-state index is 4.18. The molecule has 0 aromatic carbocycles. The van der Waals surface area contributed by atoms with E-state index in [1.807, 2.05) is 6.20 Å². The fraction of sp³-hybridized carbons (Fsp3) is 0.833. The fourth-order valence-corrected chi connectivity index (χ4v) is 2.76. The molecule has 16 heavy (non-hydrogen) atoms. The summed E-state index contributed by atoms with van der Waals surface area (Å²) in [5.74, 6) is 0.612. The minimum absolute atomic E-state index is 0.612. The highest BCUT2D eigenvalue weighted by atomic mass is 15.4. The van der Waals surface area contributed by atoms with Crippen LogP contribution in [0.1, 0.15) is 51.1 Å². The molecule has 90 valence electrons. The lowest BCUT2D eigenvalue weighted by atomic mass is 10.00. The first-order chi connectivity index (χ1) is 7.86. The molecule has 1 aliphatic rings. The summed E-state index contributed by atoms with van der Waals surface area (Å²) in [6.07, 6.45) is 6.95. The molecule has 1 heterocycles. The van der Waals surface area contributed by atoms with Crippen molar-refractivity contribution in [1.82, 2.24) is 20.3 Å². The molecule has 1 saturated carbocycles. The summed E-state index contributed by atoms with van der Waals surface area (Å²) < 4.78 is 2.08. The fourth-order valence-electron chi connectivity index (χ4n) is 2.76. The molecule has 2 unspecified atom stereocenters. The van der Waals surface area contributed by atoms with Crippen LogP contribution in [0.3, 0.4) is 0 Å². The Morgan fingerprint density at radius 2 is 2.31 bits per heavy atom. The van der Waals surface area contributed by atoms with Crippen LogP contribution in [-0.2, 0) is 6.54 Å². The summed E-state index contributed by atoms with van der Waals surface area (Å²) in [6.45, 7) is 6.40. The average Bonchev–Trinajstić information content (AvgIpc) is 2.87. The van der Waals surface area contributed by atoms with E-state index in [4.69, 9.17) is 0 Å². The molecule has 2 rings (SSSR count). The Morgan fingerprint density at radius 1 is 1.44 bits per heavy atom. The van der Waals surface area contributed by atoms with Crippen molar-refractivity contribution in [2.24, 2.45) is 0 Å². The smallest absolute Gasteiger partial charge is 0.0728 e. The van der Waals surface area contributed by atoms with Crippen LogP contribution < -0.4 is 5.32 Å². The van der Waals surface area contributed by atoms with Crippen molar-refractivity contribution in [2.75, 3.05) is 6.54 Å². The van der Waals surface area contributed by atoms with Crippen molar-refractivity contribution >= 4 is 0 Å². The Bertz CT molecular complexity index is 321. The highest BCUT2D eigenvalue weighted by Gasteiger charge is 2.30. The van der Waals surface area contributed by atoms with Crippen LogP contribution in [0, 0.1) is 0 Å². The average molecular weight is 222 g/mol. The molecule has 1 aliphatic carbocycles. The van der Waals surface area contributed by atoms with Crippen LogP contribution in [0.15, 0.2) is 6.20 Å². The summed E-state index contributed by atoms with van der Waals surface area (Å²) in [5, 5.41) is 11.8. The van der Waals surface area contributed by atoms with Crippen molar-refractivity contribution in [3.05, 3.63) is 11.9 Å². The van der Waals surface area contributed by atoms with Crippen molar-refractivity contribution < 1.29 is 0 Å². The van der Waals surface area contributed by atoms with E-state index in [1.54, 1.807) is 0 Å². The summed E-state index contributed by atoms with van der Waals surface area (Å²) in [7, 11) is 0. The van der Waals surface area contributed by atoms with Crippen LogP contribution in [-0.4, -0.2) is 27.6 Å². The van der Waals surface area contributed by atoms with Gasteiger partial charge in [0.05, 0.1) is 11.9 Å². The lowest BCUT2D eigenvalue weighted by molar-refractivity contribution is 0.453. The topological polar surface area (TPSA) is 42.7 Å². The predicted octanol–water partition coefficient (Wildman–Crippen LogP) is 1.93. The Morgan fingerprint density at radius 3 is 3.06 bits per heavy atom. The number of nitrogens with zero attached hydrogens (tertiary/aromatic N) is 3. The van der Waals surface area contributed by atoms with Crippen molar-refractivity contribution in [3.63, 3.8) is 0 Å². The van der Waals surface area contributed by atoms with Gasteiger partial charge in [-0.2, -0.15) is 0 Å². The minimum Gasteiger partial charge on any atom is -0.314 e. The standard InChI is InChI=1S/C12H22N4/c1-3-8-16-12(9-14-15-16)10-6-5-7-11(10)13-4-2/h9-11,13H,3-8H2,1-2H3. The number of likely N-dealkylation sites (N-methyl/N-ethyl adjacent to an activating group) is 1. The van der Waals surface area contributed by atoms with Crippen molar-refractivity contribution in [1.29, 1.82) is 0 Å². The Labute approximate surface area is 97.4 Å². The zero-order valence-corrected chi connectivity index (χ0v) is 10.3. The maximum atomic E-state index is 4.18. The van der Waals surface area contributed by atoms with Gasteiger partial charge in [0.2, 0.25) is 0 Å². The van der Waals surface area contributed by atoms with Gasteiger partial charge in [0.15, 0.2) is 0 Å². The number of rotatable bonds is 5. The van der Waals surface area contributed by atoms with E-state index in [2.05, 4.69) is 34.2 Å². The number of aromatic nitrogens is 3. The summed E-state index contributed by atoms with van der Waals surface area (Å²) in [5.41, 5.74) is 1.32. The third kappa shape index (κ3) is 2.26. The van der Waals surface area contributed by atoms with Gasteiger partial charge in [-0.25, -0.2) is 4.68 Å². The second-order valence-corrected chi connectivity index (χ2v) is 4.58. The lowest BCUT2D eigenvalue weighted by Crippen LogP contribution is -2.32. The van der Waals surface area contributed by atoms with E-state index in [9.17, 15) is 0 Å². The van der Waals surface area contributed by atoms with Gasteiger partial charge in [-0.05, 0) is 25.8 Å². The molecular formula is C12H22N4. The molecule has 1 aromatic rings. The van der Waals surface area contributed by atoms with Crippen LogP contribution >= 0.6 is 0 Å². The van der Waals surface area contributed by atoms with E-state index in [0.717, 1.165) is 19.5 Å². The zero-order chi connectivity index (χ0) is 11.4. The highest BCUT2D eigenvalue weighted by molar-refractivity contribution is 5.10. The first-order valence-corrected chi connectivity index (χ1v) is 6.48. The number of aryl methyl sites for hydroxylation is 1. The lowest BCUT2D eigenvalue weighted by Gasteiger charge is -2.20. The highest BCUT2D eigenvalue weighted by Crippen LogP contribution is 2.34. The van der Waals surface area contributed by atoms with Gasteiger partial charge in [-0.1, -0.05) is 25.5 Å². The number of nitrogens with one attached hydrogen (secondary N) is 1.